The van der Waals surface area contributed by atoms with Crippen LogP contribution < -0.4 is 0 Å². The van der Waals surface area contributed by atoms with E-state index in [1.807, 2.05) is 28.7 Å². The Morgan fingerprint density at radius 2 is 2.09 bits per heavy atom. The Morgan fingerprint density at radius 3 is 2.55 bits per heavy atom. The zero-order valence-corrected chi connectivity index (χ0v) is 10.1. The summed E-state index contributed by atoms with van der Waals surface area (Å²) in [7, 11) is 0. The molecule has 0 fully saturated rings. The molecule has 0 saturated heterocycles. The zero-order chi connectivity index (χ0) is 8.69. The predicted molar refractivity (Wildman–Crippen MR) is 51.1 cm³/mol. The third-order valence-electron chi connectivity index (χ3n) is 1.68. The quantitative estimate of drug-likeness (QED) is 0.672. The molecule has 0 radical (unpaired) electrons. The molecule has 0 saturated carbocycles. The molecule has 0 spiro atoms. The Hall–Kier alpha value is 0.460. The summed E-state index contributed by atoms with van der Waals surface area (Å²) >= 11 is 2.02. The molecule has 1 atom stereocenters. The van der Waals surface area contributed by atoms with Gasteiger partial charge in [-0.2, -0.15) is 0 Å². The van der Waals surface area contributed by atoms with Crippen LogP contribution in [0.4, 0.5) is 0 Å². The van der Waals surface area contributed by atoms with Crippen LogP contribution in [0.2, 0.25) is 0 Å². The molecule has 0 aliphatic rings. The molecule has 0 aromatic carbocycles. The van der Waals surface area contributed by atoms with E-state index in [4.69, 9.17) is 4.74 Å². The second-order valence-corrected chi connectivity index (χ2v) is 3.94. The Labute approximate surface area is 82.9 Å². The third-order valence-corrected chi connectivity index (χ3v) is 3.16. The first-order valence-corrected chi connectivity index (χ1v) is 5.55. The van der Waals surface area contributed by atoms with Crippen molar-refractivity contribution in [3.8, 4) is 0 Å². The van der Waals surface area contributed by atoms with Crippen molar-refractivity contribution in [1.82, 2.24) is 0 Å². The summed E-state index contributed by atoms with van der Waals surface area (Å²) in [5, 5.41) is 0. The SMILES string of the molecule is CCCCC(C)C(=[Te])OCC. The molecule has 0 aliphatic heterocycles. The Bertz CT molecular complexity index is 112. The van der Waals surface area contributed by atoms with E-state index in [9.17, 15) is 0 Å². The van der Waals surface area contributed by atoms with Gasteiger partial charge in [-0.25, -0.2) is 0 Å². The van der Waals surface area contributed by atoms with Crippen molar-refractivity contribution < 1.29 is 4.74 Å². The third kappa shape index (κ3) is 5.70. The van der Waals surface area contributed by atoms with Crippen LogP contribution in [0.5, 0.6) is 0 Å². The van der Waals surface area contributed by atoms with Gasteiger partial charge in [0.05, 0.1) is 0 Å². The first-order chi connectivity index (χ1) is 5.22. The van der Waals surface area contributed by atoms with Gasteiger partial charge in [0, 0.05) is 0 Å². The molecule has 0 heterocycles. The van der Waals surface area contributed by atoms with Crippen LogP contribution in [-0.4, -0.2) is 32.2 Å². The van der Waals surface area contributed by atoms with Gasteiger partial charge in [-0.15, -0.1) is 0 Å². The molecule has 0 amide bonds. The van der Waals surface area contributed by atoms with Gasteiger partial charge in [-0.3, -0.25) is 0 Å². The maximum atomic E-state index is 5.42. The summed E-state index contributed by atoms with van der Waals surface area (Å²) in [5.74, 6) is 0.639. The summed E-state index contributed by atoms with van der Waals surface area (Å²) in [4.78, 5) is 0. The van der Waals surface area contributed by atoms with E-state index in [1.54, 1.807) is 0 Å². The van der Waals surface area contributed by atoms with Crippen molar-refractivity contribution in [1.29, 1.82) is 0 Å². The van der Waals surface area contributed by atoms with Gasteiger partial charge in [-0.1, -0.05) is 0 Å². The molecule has 1 unspecified atom stereocenters. The van der Waals surface area contributed by atoms with E-state index in [0.717, 1.165) is 6.61 Å². The molecule has 1 nitrogen and oxygen atoms in total. The van der Waals surface area contributed by atoms with E-state index < -0.39 is 0 Å². The van der Waals surface area contributed by atoms with Crippen LogP contribution in [0.15, 0.2) is 0 Å². The summed E-state index contributed by atoms with van der Waals surface area (Å²) < 4.78 is 6.63. The van der Waals surface area contributed by atoms with Gasteiger partial charge >= 0.3 is 82.9 Å². The summed E-state index contributed by atoms with van der Waals surface area (Å²) in [5.41, 5.74) is 0. The van der Waals surface area contributed by atoms with Gasteiger partial charge in [0.2, 0.25) is 0 Å². The molecule has 2 heteroatoms. The van der Waals surface area contributed by atoms with Gasteiger partial charge in [0.25, 0.3) is 0 Å². The molecule has 0 bridgehead atoms. The van der Waals surface area contributed by atoms with Gasteiger partial charge < -0.3 is 0 Å². The summed E-state index contributed by atoms with van der Waals surface area (Å²) in [6.45, 7) is 7.31. The standard InChI is InChI=1S/C9H18OTe/c1-4-6-7-8(3)9(11)10-5-2/h8H,4-7H2,1-3H3. The fourth-order valence-corrected chi connectivity index (χ4v) is 1.59. The van der Waals surface area contributed by atoms with Crippen LogP contribution >= 0.6 is 0 Å². The van der Waals surface area contributed by atoms with E-state index in [-0.39, 0.29) is 0 Å². The van der Waals surface area contributed by atoms with Crippen molar-refractivity contribution in [3.05, 3.63) is 0 Å². The fraction of sp³-hybridized carbons (Fsp3) is 0.889. The molecule has 0 rings (SSSR count). The summed E-state index contributed by atoms with van der Waals surface area (Å²) in [6.07, 6.45) is 3.86. The Kier molecular flexibility index (Phi) is 7.43. The number of rotatable bonds is 6. The van der Waals surface area contributed by atoms with Crippen molar-refractivity contribution >= 4 is 25.6 Å². The molecular formula is C9H18OTe. The molecule has 0 aliphatic carbocycles. The molecule has 66 valence electrons. The van der Waals surface area contributed by atoms with E-state index in [2.05, 4.69) is 13.8 Å². The van der Waals surface area contributed by atoms with Crippen LogP contribution in [0, 0.1) is 5.92 Å². The van der Waals surface area contributed by atoms with Crippen LogP contribution in [0.25, 0.3) is 0 Å². The van der Waals surface area contributed by atoms with Gasteiger partial charge in [0.1, 0.15) is 0 Å². The first-order valence-electron chi connectivity index (χ1n) is 4.39. The average Bonchev–Trinajstić information content (AvgIpc) is 2.00. The number of hydrogen-bond donors (Lipinski definition) is 0. The van der Waals surface area contributed by atoms with Crippen LogP contribution in [-0.2, 0) is 4.74 Å². The molecule has 0 N–H and O–H groups in total. The maximum absolute atomic E-state index is 5.42. The second-order valence-electron chi connectivity index (χ2n) is 2.80. The normalized spacial score (nSPS) is 12.6. The first kappa shape index (κ1) is 11.5. The van der Waals surface area contributed by atoms with Crippen molar-refractivity contribution in [2.75, 3.05) is 6.61 Å². The molecule has 0 aromatic rings. The number of ether oxygens (including phenoxy) is 1. The Morgan fingerprint density at radius 1 is 1.45 bits per heavy atom. The molecule has 11 heavy (non-hydrogen) atoms. The number of unbranched alkanes of at least 4 members (excludes halogenated alkanes) is 1. The monoisotopic (exact) mass is 272 g/mol. The van der Waals surface area contributed by atoms with E-state index in [0.29, 0.717) is 5.92 Å². The summed E-state index contributed by atoms with van der Waals surface area (Å²) in [6, 6.07) is 0. The molecule has 0 aromatic heterocycles. The number of hydrogen-bond acceptors (Lipinski definition) is 1. The van der Waals surface area contributed by atoms with E-state index >= 15 is 0 Å². The minimum absolute atomic E-state index is 0.639. The van der Waals surface area contributed by atoms with Crippen LogP contribution in [0.3, 0.4) is 0 Å². The van der Waals surface area contributed by atoms with Crippen LogP contribution in [0.1, 0.15) is 40.0 Å². The van der Waals surface area contributed by atoms with Crippen molar-refractivity contribution in [2.24, 2.45) is 5.92 Å². The topological polar surface area (TPSA) is 9.23 Å². The van der Waals surface area contributed by atoms with Gasteiger partial charge in [-0.05, 0) is 0 Å². The van der Waals surface area contributed by atoms with Gasteiger partial charge in [0.15, 0.2) is 0 Å². The predicted octanol–water partition coefficient (Wildman–Crippen LogP) is 2.15. The Balaban J connectivity index is 3.46. The van der Waals surface area contributed by atoms with Crippen molar-refractivity contribution in [3.63, 3.8) is 0 Å². The zero-order valence-electron chi connectivity index (χ0n) is 7.72. The minimum atomic E-state index is 0.639. The fourth-order valence-electron chi connectivity index (χ4n) is 0.913. The second kappa shape index (κ2) is 7.13. The van der Waals surface area contributed by atoms with Crippen molar-refractivity contribution in [2.45, 2.75) is 40.0 Å². The van der Waals surface area contributed by atoms with E-state index in [1.165, 1.54) is 23.0 Å². The average molecular weight is 270 g/mol. The molecular weight excluding hydrogens is 252 g/mol.